The standard InChI is InChI=1S/C18H15NO5S/c1-13-11-18(21)19(25(22,23)24-13)12-17(20)16-9-7-15(8-10-16)14-5-3-2-4-6-14/h2-11H,12H2,1H3. The smallest absolute Gasteiger partial charge is 0.371 e. The van der Waals surface area contributed by atoms with Crippen LogP contribution in [0.4, 0.5) is 0 Å². The topological polar surface area (TPSA) is 80.8 Å². The summed E-state index contributed by atoms with van der Waals surface area (Å²) in [5.74, 6) is -1.31. The van der Waals surface area contributed by atoms with Crippen molar-refractivity contribution in [3.63, 3.8) is 0 Å². The molecule has 1 heterocycles. The van der Waals surface area contributed by atoms with E-state index in [9.17, 15) is 18.0 Å². The van der Waals surface area contributed by atoms with Crippen LogP contribution in [-0.4, -0.2) is 31.0 Å². The predicted octanol–water partition coefficient (Wildman–Crippen LogP) is 2.54. The molecule has 2 aromatic rings. The molecule has 3 rings (SSSR count). The summed E-state index contributed by atoms with van der Waals surface area (Å²) in [4.78, 5) is 24.2. The van der Waals surface area contributed by atoms with E-state index in [2.05, 4.69) is 4.18 Å². The van der Waals surface area contributed by atoms with Gasteiger partial charge >= 0.3 is 10.3 Å². The second-order valence-corrected chi connectivity index (χ2v) is 6.97. The van der Waals surface area contributed by atoms with Crippen LogP contribution >= 0.6 is 0 Å². The van der Waals surface area contributed by atoms with Crippen molar-refractivity contribution in [2.24, 2.45) is 0 Å². The monoisotopic (exact) mass is 357 g/mol. The van der Waals surface area contributed by atoms with Gasteiger partial charge in [0.15, 0.2) is 5.78 Å². The van der Waals surface area contributed by atoms with E-state index < -0.39 is 28.5 Å². The van der Waals surface area contributed by atoms with Crippen molar-refractivity contribution in [2.75, 3.05) is 6.54 Å². The number of ketones is 1. The highest BCUT2D eigenvalue weighted by Crippen LogP contribution is 2.21. The van der Waals surface area contributed by atoms with Gasteiger partial charge < -0.3 is 4.18 Å². The molecule has 0 radical (unpaired) electrons. The Morgan fingerprint density at radius 1 is 1.00 bits per heavy atom. The predicted molar refractivity (Wildman–Crippen MR) is 91.7 cm³/mol. The van der Waals surface area contributed by atoms with E-state index in [4.69, 9.17) is 0 Å². The summed E-state index contributed by atoms with van der Waals surface area (Å²) in [6.45, 7) is 0.756. The van der Waals surface area contributed by atoms with E-state index in [1.165, 1.54) is 6.92 Å². The van der Waals surface area contributed by atoms with Crippen LogP contribution in [0, 0.1) is 0 Å². The third kappa shape index (κ3) is 3.61. The first-order chi connectivity index (χ1) is 11.9. The van der Waals surface area contributed by atoms with E-state index in [1.807, 2.05) is 30.3 Å². The molecule has 0 saturated carbocycles. The Morgan fingerprint density at radius 2 is 1.60 bits per heavy atom. The molecule has 0 unspecified atom stereocenters. The summed E-state index contributed by atoms with van der Waals surface area (Å²) in [5, 5.41) is 0. The first-order valence-corrected chi connectivity index (χ1v) is 8.86. The number of amides is 1. The first kappa shape index (κ1) is 16.9. The van der Waals surface area contributed by atoms with Crippen molar-refractivity contribution in [1.82, 2.24) is 4.31 Å². The fourth-order valence-electron chi connectivity index (χ4n) is 2.45. The zero-order chi connectivity index (χ0) is 18.0. The van der Waals surface area contributed by atoms with Crippen LogP contribution < -0.4 is 0 Å². The maximum Gasteiger partial charge on any atom is 0.412 e. The van der Waals surface area contributed by atoms with Gasteiger partial charge in [-0.3, -0.25) is 9.59 Å². The number of hydrogen-bond acceptors (Lipinski definition) is 5. The van der Waals surface area contributed by atoms with Crippen LogP contribution in [0.2, 0.25) is 0 Å². The zero-order valence-corrected chi connectivity index (χ0v) is 14.2. The molecule has 6 nitrogen and oxygen atoms in total. The average Bonchev–Trinajstić information content (AvgIpc) is 2.58. The highest BCUT2D eigenvalue weighted by molar-refractivity contribution is 7.85. The number of allylic oxidation sites excluding steroid dienone is 1. The van der Waals surface area contributed by atoms with Gasteiger partial charge in [0.1, 0.15) is 12.3 Å². The largest absolute Gasteiger partial charge is 0.412 e. The molecule has 0 atom stereocenters. The van der Waals surface area contributed by atoms with Crippen molar-refractivity contribution in [2.45, 2.75) is 6.92 Å². The summed E-state index contributed by atoms with van der Waals surface area (Å²) in [7, 11) is -4.28. The molecule has 0 aromatic heterocycles. The highest BCUT2D eigenvalue weighted by atomic mass is 32.2. The third-order valence-electron chi connectivity index (χ3n) is 3.68. The maximum atomic E-state index is 12.3. The molecule has 2 aromatic carbocycles. The van der Waals surface area contributed by atoms with E-state index >= 15 is 0 Å². The maximum absolute atomic E-state index is 12.3. The summed E-state index contributed by atoms with van der Waals surface area (Å²) in [5.41, 5.74) is 2.25. The summed E-state index contributed by atoms with van der Waals surface area (Å²) in [6.07, 6.45) is 1.03. The molecule has 25 heavy (non-hydrogen) atoms. The number of nitrogens with zero attached hydrogens (tertiary/aromatic N) is 1. The van der Waals surface area contributed by atoms with Gasteiger partial charge in [-0.25, -0.2) is 0 Å². The molecule has 1 amide bonds. The van der Waals surface area contributed by atoms with E-state index in [1.54, 1.807) is 24.3 Å². The van der Waals surface area contributed by atoms with Gasteiger partial charge in [-0.2, -0.15) is 12.7 Å². The van der Waals surface area contributed by atoms with Crippen molar-refractivity contribution in [3.8, 4) is 11.1 Å². The number of carbonyl (C=O) groups excluding carboxylic acids is 2. The summed E-state index contributed by atoms with van der Waals surface area (Å²) < 4.78 is 28.9. The van der Waals surface area contributed by atoms with Crippen LogP contribution in [0.15, 0.2) is 66.4 Å². The Hall–Kier alpha value is -2.93. The number of benzene rings is 2. The molecule has 1 aliphatic heterocycles. The minimum Gasteiger partial charge on any atom is -0.371 e. The fourth-order valence-corrected chi connectivity index (χ4v) is 3.47. The lowest BCUT2D eigenvalue weighted by Gasteiger charge is -2.23. The summed E-state index contributed by atoms with van der Waals surface area (Å²) >= 11 is 0. The van der Waals surface area contributed by atoms with Gasteiger partial charge in [0.25, 0.3) is 5.91 Å². The first-order valence-electron chi connectivity index (χ1n) is 7.50. The molecular formula is C18H15NO5S. The number of rotatable bonds is 4. The molecule has 0 N–H and O–H groups in total. The normalized spacial score (nSPS) is 16.1. The Kier molecular flexibility index (Phi) is 4.41. The van der Waals surface area contributed by atoms with Crippen LogP contribution in [0.25, 0.3) is 11.1 Å². The Balaban J connectivity index is 1.79. The highest BCUT2D eigenvalue weighted by Gasteiger charge is 2.34. The Labute approximate surface area is 145 Å². The van der Waals surface area contributed by atoms with Crippen molar-refractivity contribution in [3.05, 3.63) is 72.0 Å². The second-order valence-electron chi connectivity index (χ2n) is 5.51. The molecule has 0 bridgehead atoms. The van der Waals surface area contributed by atoms with Gasteiger partial charge in [0.05, 0.1) is 0 Å². The lowest BCUT2D eigenvalue weighted by Crippen LogP contribution is -2.42. The molecule has 7 heteroatoms. The average molecular weight is 357 g/mol. The molecule has 0 fully saturated rings. The van der Waals surface area contributed by atoms with Crippen LogP contribution in [0.1, 0.15) is 17.3 Å². The summed E-state index contributed by atoms with van der Waals surface area (Å²) in [6, 6.07) is 16.4. The molecule has 1 aliphatic rings. The van der Waals surface area contributed by atoms with Gasteiger partial charge in [-0.1, -0.05) is 54.6 Å². The number of carbonyl (C=O) groups is 2. The minimum absolute atomic E-state index is 0.0269. The zero-order valence-electron chi connectivity index (χ0n) is 13.4. The van der Waals surface area contributed by atoms with Gasteiger partial charge in [-0.05, 0) is 18.1 Å². The molecule has 128 valence electrons. The molecule has 0 aliphatic carbocycles. The minimum atomic E-state index is -4.28. The van der Waals surface area contributed by atoms with Crippen molar-refractivity contribution < 1.29 is 22.2 Å². The lowest BCUT2D eigenvalue weighted by atomic mass is 10.0. The van der Waals surface area contributed by atoms with E-state index in [0.29, 0.717) is 9.87 Å². The van der Waals surface area contributed by atoms with Gasteiger partial charge in [0.2, 0.25) is 0 Å². The van der Waals surface area contributed by atoms with Crippen LogP contribution in [0.3, 0.4) is 0 Å². The van der Waals surface area contributed by atoms with Crippen LogP contribution in [-0.2, 0) is 19.3 Å². The molecule has 0 spiro atoms. The second kappa shape index (κ2) is 6.52. The number of hydrogen-bond donors (Lipinski definition) is 0. The molecule has 0 saturated heterocycles. The fraction of sp³-hybridized carbons (Fsp3) is 0.111. The molecular weight excluding hydrogens is 342 g/mol. The number of Topliss-reactive ketones (excluding diaryl/α,β-unsaturated/α-hetero) is 1. The van der Waals surface area contributed by atoms with Gasteiger partial charge in [0, 0.05) is 11.6 Å². The van der Waals surface area contributed by atoms with E-state index in [-0.39, 0.29) is 5.76 Å². The quantitative estimate of drug-likeness (QED) is 0.786. The SMILES string of the molecule is CC1=CC(=O)N(CC(=O)c2ccc(-c3ccccc3)cc2)S(=O)(=O)O1. The third-order valence-corrected chi connectivity index (χ3v) is 5.00. The van der Waals surface area contributed by atoms with Crippen molar-refractivity contribution >= 4 is 22.0 Å². The van der Waals surface area contributed by atoms with Crippen LogP contribution in [0.5, 0.6) is 0 Å². The Morgan fingerprint density at radius 3 is 2.20 bits per heavy atom. The van der Waals surface area contributed by atoms with Crippen molar-refractivity contribution in [1.29, 1.82) is 0 Å². The van der Waals surface area contributed by atoms with E-state index in [0.717, 1.165) is 17.2 Å². The Bertz CT molecular complexity index is 947. The van der Waals surface area contributed by atoms with Gasteiger partial charge in [-0.15, -0.1) is 0 Å². The lowest BCUT2D eigenvalue weighted by molar-refractivity contribution is -0.122.